The summed E-state index contributed by atoms with van der Waals surface area (Å²) >= 11 is 0. The third kappa shape index (κ3) is 2.21. The smallest absolute Gasteiger partial charge is 0.178 e. The van der Waals surface area contributed by atoms with Crippen molar-refractivity contribution < 1.29 is 8.42 Å². The van der Waals surface area contributed by atoms with Crippen LogP contribution in [0, 0.1) is 12.8 Å². The molecule has 2 rings (SSSR count). The van der Waals surface area contributed by atoms with E-state index in [0.29, 0.717) is 16.5 Å². The van der Waals surface area contributed by atoms with Crippen LogP contribution in [-0.4, -0.2) is 14.2 Å². The van der Waals surface area contributed by atoms with Gasteiger partial charge in [-0.3, -0.25) is 0 Å². The van der Waals surface area contributed by atoms with Crippen molar-refractivity contribution >= 4 is 15.5 Å². The number of anilines is 1. The first-order valence-electron chi connectivity index (χ1n) is 5.58. The number of hydrogen-bond acceptors (Lipinski definition) is 3. The Labute approximate surface area is 96.6 Å². The van der Waals surface area contributed by atoms with E-state index in [2.05, 4.69) is 0 Å². The highest BCUT2D eigenvalue weighted by molar-refractivity contribution is 7.91. The summed E-state index contributed by atoms with van der Waals surface area (Å²) < 4.78 is 24.3. The van der Waals surface area contributed by atoms with E-state index >= 15 is 0 Å². The standard InChI is InChI=1S/C12H17NO2S/c1-9-7-11(13)5-6-12(9)16(14,15)8-10-3-2-4-10/h5-7,10H,2-4,8,13H2,1H3. The molecule has 2 N–H and O–H groups in total. The molecule has 0 aliphatic heterocycles. The van der Waals surface area contributed by atoms with Gasteiger partial charge in [0.1, 0.15) is 0 Å². The molecule has 1 aliphatic carbocycles. The van der Waals surface area contributed by atoms with Gasteiger partial charge in [0.15, 0.2) is 9.84 Å². The second kappa shape index (κ2) is 4.09. The van der Waals surface area contributed by atoms with E-state index in [1.54, 1.807) is 25.1 Å². The van der Waals surface area contributed by atoms with Gasteiger partial charge in [0.2, 0.25) is 0 Å². The number of hydrogen-bond donors (Lipinski definition) is 1. The second-order valence-corrected chi connectivity index (χ2v) is 6.61. The molecule has 1 aromatic rings. The molecular formula is C12H17NO2S. The van der Waals surface area contributed by atoms with Crippen LogP contribution in [0.5, 0.6) is 0 Å². The molecule has 0 saturated heterocycles. The predicted molar refractivity (Wildman–Crippen MR) is 65.0 cm³/mol. The van der Waals surface area contributed by atoms with Crippen LogP contribution in [0.25, 0.3) is 0 Å². The normalized spacial score (nSPS) is 17.1. The van der Waals surface area contributed by atoms with Crippen LogP contribution in [0.15, 0.2) is 23.1 Å². The minimum absolute atomic E-state index is 0.289. The van der Waals surface area contributed by atoms with Crippen molar-refractivity contribution in [1.29, 1.82) is 0 Å². The molecule has 1 aliphatic rings. The van der Waals surface area contributed by atoms with E-state index in [0.717, 1.165) is 18.4 Å². The molecule has 0 atom stereocenters. The van der Waals surface area contributed by atoms with Gasteiger partial charge in [0, 0.05) is 5.69 Å². The monoisotopic (exact) mass is 239 g/mol. The Balaban J connectivity index is 2.27. The maximum absolute atomic E-state index is 12.1. The lowest BCUT2D eigenvalue weighted by atomic mass is 9.87. The zero-order valence-electron chi connectivity index (χ0n) is 9.44. The molecule has 4 heteroatoms. The molecule has 1 saturated carbocycles. The third-order valence-corrected chi connectivity index (χ3v) is 5.25. The average Bonchev–Trinajstić information content (AvgIpc) is 2.11. The molecule has 16 heavy (non-hydrogen) atoms. The van der Waals surface area contributed by atoms with Crippen molar-refractivity contribution in [3.8, 4) is 0 Å². The van der Waals surface area contributed by atoms with Gasteiger partial charge in [0.25, 0.3) is 0 Å². The highest BCUT2D eigenvalue weighted by Gasteiger charge is 2.26. The van der Waals surface area contributed by atoms with Crippen LogP contribution in [0.1, 0.15) is 24.8 Å². The predicted octanol–water partition coefficient (Wildman–Crippen LogP) is 2.15. The van der Waals surface area contributed by atoms with Gasteiger partial charge in [0.05, 0.1) is 10.6 Å². The Morgan fingerprint density at radius 1 is 1.38 bits per heavy atom. The molecule has 1 fully saturated rings. The zero-order valence-corrected chi connectivity index (χ0v) is 10.3. The summed E-state index contributed by atoms with van der Waals surface area (Å²) in [6, 6.07) is 4.99. The summed E-state index contributed by atoms with van der Waals surface area (Å²) in [6.07, 6.45) is 3.27. The summed E-state index contributed by atoms with van der Waals surface area (Å²) in [5.41, 5.74) is 6.98. The Hall–Kier alpha value is -1.03. The fourth-order valence-corrected chi connectivity index (χ4v) is 4.04. The molecule has 0 unspecified atom stereocenters. The lowest BCUT2D eigenvalue weighted by Crippen LogP contribution is -2.22. The van der Waals surface area contributed by atoms with Crippen LogP contribution in [-0.2, 0) is 9.84 Å². The molecule has 0 spiro atoms. The largest absolute Gasteiger partial charge is 0.399 e. The van der Waals surface area contributed by atoms with Crippen molar-refractivity contribution in [2.75, 3.05) is 11.5 Å². The van der Waals surface area contributed by atoms with E-state index in [9.17, 15) is 8.42 Å². The fraction of sp³-hybridized carbons (Fsp3) is 0.500. The number of nitrogens with two attached hydrogens (primary N) is 1. The second-order valence-electron chi connectivity index (χ2n) is 4.60. The molecule has 88 valence electrons. The lowest BCUT2D eigenvalue weighted by Gasteiger charge is -2.25. The maximum atomic E-state index is 12.1. The van der Waals surface area contributed by atoms with E-state index in [4.69, 9.17) is 5.73 Å². The van der Waals surface area contributed by atoms with Crippen molar-refractivity contribution in [2.24, 2.45) is 5.92 Å². The van der Waals surface area contributed by atoms with Crippen molar-refractivity contribution in [2.45, 2.75) is 31.1 Å². The highest BCUT2D eigenvalue weighted by Crippen LogP contribution is 2.30. The summed E-state index contributed by atoms with van der Waals surface area (Å²) in [4.78, 5) is 0.439. The SMILES string of the molecule is Cc1cc(N)ccc1S(=O)(=O)CC1CCC1. The molecule has 3 nitrogen and oxygen atoms in total. The summed E-state index contributed by atoms with van der Waals surface area (Å²) in [7, 11) is -3.12. The number of rotatable bonds is 3. The number of nitrogen functional groups attached to an aromatic ring is 1. The quantitative estimate of drug-likeness (QED) is 0.822. The summed E-state index contributed by atoms with van der Waals surface area (Å²) in [6.45, 7) is 1.80. The average molecular weight is 239 g/mol. The number of sulfone groups is 1. The molecule has 1 aromatic carbocycles. The van der Waals surface area contributed by atoms with Gasteiger partial charge in [-0.2, -0.15) is 0 Å². The van der Waals surface area contributed by atoms with Gasteiger partial charge < -0.3 is 5.73 Å². The topological polar surface area (TPSA) is 60.2 Å². The zero-order chi connectivity index (χ0) is 11.8. The first kappa shape index (κ1) is 11.5. The van der Waals surface area contributed by atoms with Gasteiger partial charge >= 0.3 is 0 Å². The molecule has 0 radical (unpaired) electrons. The molecular weight excluding hydrogens is 222 g/mol. The van der Waals surface area contributed by atoms with Crippen LogP contribution in [0.4, 0.5) is 5.69 Å². The Morgan fingerprint density at radius 2 is 2.06 bits per heavy atom. The van der Waals surface area contributed by atoms with Gasteiger partial charge in [-0.15, -0.1) is 0 Å². The van der Waals surface area contributed by atoms with E-state index in [1.165, 1.54) is 6.42 Å². The van der Waals surface area contributed by atoms with E-state index in [1.807, 2.05) is 0 Å². The molecule has 0 aromatic heterocycles. The lowest BCUT2D eigenvalue weighted by molar-refractivity contribution is 0.347. The van der Waals surface area contributed by atoms with Crippen LogP contribution >= 0.6 is 0 Å². The summed E-state index contributed by atoms with van der Waals surface area (Å²) in [5, 5.41) is 0. The van der Waals surface area contributed by atoms with Crippen LogP contribution < -0.4 is 5.73 Å². The Kier molecular flexibility index (Phi) is 2.93. The van der Waals surface area contributed by atoms with Gasteiger partial charge in [-0.05, 0) is 49.4 Å². The van der Waals surface area contributed by atoms with E-state index < -0.39 is 9.84 Å². The summed E-state index contributed by atoms with van der Waals surface area (Å²) in [5.74, 6) is 0.652. The highest BCUT2D eigenvalue weighted by atomic mass is 32.2. The fourth-order valence-electron chi connectivity index (χ4n) is 2.08. The first-order valence-corrected chi connectivity index (χ1v) is 7.23. The van der Waals surface area contributed by atoms with E-state index in [-0.39, 0.29) is 5.75 Å². The minimum atomic E-state index is -3.12. The van der Waals surface area contributed by atoms with Gasteiger partial charge in [-0.1, -0.05) is 6.42 Å². The molecule has 0 heterocycles. The number of benzene rings is 1. The first-order chi connectivity index (χ1) is 7.49. The third-order valence-electron chi connectivity index (χ3n) is 3.21. The molecule has 0 bridgehead atoms. The van der Waals surface area contributed by atoms with Crippen LogP contribution in [0.2, 0.25) is 0 Å². The molecule has 0 amide bonds. The maximum Gasteiger partial charge on any atom is 0.178 e. The minimum Gasteiger partial charge on any atom is -0.399 e. The van der Waals surface area contributed by atoms with Crippen molar-refractivity contribution in [3.63, 3.8) is 0 Å². The Morgan fingerprint density at radius 3 is 2.56 bits per heavy atom. The van der Waals surface area contributed by atoms with Crippen LogP contribution in [0.3, 0.4) is 0 Å². The van der Waals surface area contributed by atoms with Gasteiger partial charge in [-0.25, -0.2) is 8.42 Å². The Bertz CT molecular complexity index is 490. The van der Waals surface area contributed by atoms with Crippen molar-refractivity contribution in [1.82, 2.24) is 0 Å². The van der Waals surface area contributed by atoms with Crippen molar-refractivity contribution in [3.05, 3.63) is 23.8 Å². The number of aryl methyl sites for hydroxylation is 1.